The zero-order valence-corrected chi connectivity index (χ0v) is 12.1. The van der Waals surface area contributed by atoms with Gasteiger partial charge in [-0.3, -0.25) is 0 Å². The Hall–Kier alpha value is -1.35. The highest BCUT2D eigenvalue weighted by molar-refractivity contribution is 5.89. The molecule has 2 aromatic rings. The minimum atomic E-state index is 0. The van der Waals surface area contributed by atoms with Gasteiger partial charge in [-0.1, -0.05) is 25.0 Å². The lowest BCUT2D eigenvalue weighted by molar-refractivity contribution is 0.726. The van der Waals surface area contributed by atoms with Crippen molar-refractivity contribution in [3.05, 3.63) is 30.1 Å². The number of hydrogen-bond acceptors (Lipinski definition) is 3. The van der Waals surface area contributed by atoms with E-state index in [1.165, 1.54) is 31.1 Å². The van der Waals surface area contributed by atoms with Gasteiger partial charge in [-0.2, -0.15) is 0 Å². The van der Waals surface area contributed by atoms with Crippen LogP contribution in [0.25, 0.3) is 10.9 Å². The van der Waals surface area contributed by atoms with E-state index in [9.17, 15) is 0 Å². The fourth-order valence-corrected chi connectivity index (χ4v) is 2.70. The van der Waals surface area contributed by atoms with E-state index < -0.39 is 0 Å². The van der Waals surface area contributed by atoms with Crippen molar-refractivity contribution in [3.63, 3.8) is 0 Å². The Kier molecular flexibility index (Phi) is 4.59. The lowest BCUT2D eigenvalue weighted by Crippen LogP contribution is -2.25. The summed E-state index contributed by atoms with van der Waals surface area (Å²) >= 11 is 0. The van der Waals surface area contributed by atoms with E-state index in [2.05, 4.69) is 33.1 Å². The molecule has 1 fully saturated rings. The summed E-state index contributed by atoms with van der Waals surface area (Å²) in [5, 5.41) is 1.19. The van der Waals surface area contributed by atoms with Crippen molar-refractivity contribution in [2.24, 2.45) is 0 Å². The lowest BCUT2D eigenvalue weighted by atomic mass is 10.2. The smallest absolute Gasteiger partial charge is 0.140 e. The molecular formula is C15H20ClN3. The van der Waals surface area contributed by atoms with Gasteiger partial charge in [0.05, 0.1) is 5.52 Å². The summed E-state index contributed by atoms with van der Waals surface area (Å²) in [6, 6.07) is 8.32. The molecule has 3 nitrogen and oxygen atoms in total. The number of benzene rings is 1. The third-order valence-electron chi connectivity index (χ3n) is 3.60. The lowest BCUT2D eigenvalue weighted by Gasteiger charge is -2.23. The molecule has 0 spiro atoms. The van der Waals surface area contributed by atoms with Crippen LogP contribution in [0.3, 0.4) is 0 Å². The normalized spacial score (nSPS) is 15.9. The van der Waals surface area contributed by atoms with Crippen LogP contribution in [0.5, 0.6) is 0 Å². The zero-order valence-electron chi connectivity index (χ0n) is 11.3. The van der Waals surface area contributed by atoms with Gasteiger partial charge in [-0.25, -0.2) is 9.97 Å². The van der Waals surface area contributed by atoms with Gasteiger partial charge < -0.3 is 4.90 Å². The summed E-state index contributed by atoms with van der Waals surface area (Å²) in [4.78, 5) is 11.6. The molecule has 3 rings (SSSR count). The zero-order chi connectivity index (χ0) is 12.4. The van der Waals surface area contributed by atoms with Crippen molar-refractivity contribution in [2.75, 3.05) is 18.0 Å². The summed E-state index contributed by atoms with van der Waals surface area (Å²) in [6.45, 7) is 4.23. The number of hydrogen-bond donors (Lipinski definition) is 0. The minimum absolute atomic E-state index is 0. The van der Waals surface area contributed by atoms with Crippen LogP contribution in [-0.2, 0) is 0 Å². The highest BCUT2D eigenvalue weighted by Crippen LogP contribution is 2.25. The average molecular weight is 278 g/mol. The van der Waals surface area contributed by atoms with Crippen LogP contribution in [0.15, 0.2) is 24.3 Å². The van der Waals surface area contributed by atoms with E-state index in [1.54, 1.807) is 0 Å². The summed E-state index contributed by atoms with van der Waals surface area (Å²) in [5.74, 6) is 1.99. The Morgan fingerprint density at radius 2 is 1.63 bits per heavy atom. The van der Waals surface area contributed by atoms with Crippen molar-refractivity contribution < 1.29 is 0 Å². The number of rotatable bonds is 1. The highest BCUT2D eigenvalue weighted by atomic mass is 35.5. The quantitative estimate of drug-likeness (QED) is 0.795. The second kappa shape index (κ2) is 6.20. The summed E-state index contributed by atoms with van der Waals surface area (Å²) in [7, 11) is 0. The number of nitrogens with zero attached hydrogens (tertiary/aromatic N) is 3. The van der Waals surface area contributed by atoms with Crippen molar-refractivity contribution in [3.8, 4) is 0 Å². The third-order valence-corrected chi connectivity index (χ3v) is 3.60. The fraction of sp³-hybridized carbons (Fsp3) is 0.467. The SMILES string of the molecule is Cc1nc(N2CCCCCC2)c2ccccc2n1.Cl. The second-order valence-corrected chi connectivity index (χ2v) is 5.01. The number of para-hydroxylation sites is 1. The monoisotopic (exact) mass is 277 g/mol. The largest absolute Gasteiger partial charge is 0.356 e. The van der Waals surface area contributed by atoms with Crippen LogP contribution in [0.4, 0.5) is 5.82 Å². The van der Waals surface area contributed by atoms with Gasteiger partial charge in [0.1, 0.15) is 11.6 Å². The molecule has 0 atom stereocenters. The summed E-state index contributed by atoms with van der Waals surface area (Å²) in [5.41, 5.74) is 1.06. The maximum atomic E-state index is 4.68. The van der Waals surface area contributed by atoms with Crippen molar-refractivity contribution in [1.82, 2.24) is 9.97 Å². The first-order valence-electron chi connectivity index (χ1n) is 6.83. The van der Waals surface area contributed by atoms with Gasteiger partial charge in [0.25, 0.3) is 0 Å². The van der Waals surface area contributed by atoms with Crippen LogP contribution in [0.2, 0.25) is 0 Å². The Bertz CT molecular complexity index is 548. The molecule has 2 heterocycles. The predicted octanol–water partition coefficient (Wildman–Crippen LogP) is 3.74. The first kappa shape index (κ1) is 14.1. The van der Waals surface area contributed by atoms with Gasteiger partial charge in [0.15, 0.2) is 0 Å². The number of aryl methyl sites for hydroxylation is 1. The van der Waals surface area contributed by atoms with Gasteiger partial charge in [-0.05, 0) is 31.9 Å². The molecule has 1 aliphatic rings. The molecule has 0 radical (unpaired) electrons. The standard InChI is InChI=1S/C15H19N3.ClH/c1-12-16-14-9-5-4-8-13(14)15(17-12)18-10-6-2-3-7-11-18;/h4-5,8-9H,2-3,6-7,10-11H2,1H3;1H. The van der Waals surface area contributed by atoms with Crippen LogP contribution in [0.1, 0.15) is 31.5 Å². The molecule has 0 N–H and O–H groups in total. The fourth-order valence-electron chi connectivity index (χ4n) is 2.70. The Morgan fingerprint density at radius 3 is 2.37 bits per heavy atom. The summed E-state index contributed by atoms with van der Waals surface area (Å²) < 4.78 is 0. The van der Waals surface area contributed by atoms with E-state index >= 15 is 0 Å². The van der Waals surface area contributed by atoms with E-state index in [4.69, 9.17) is 0 Å². The molecule has 0 unspecified atom stereocenters. The van der Waals surface area contributed by atoms with Crippen molar-refractivity contribution in [1.29, 1.82) is 0 Å². The molecule has 0 aliphatic carbocycles. The average Bonchev–Trinajstić information content (AvgIpc) is 2.66. The topological polar surface area (TPSA) is 29.0 Å². The van der Waals surface area contributed by atoms with Crippen LogP contribution in [0, 0.1) is 6.92 Å². The number of aromatic nitrogens is 2. The Balaban J connectivity index is 0.00000133. The molecule has 0 amide bonds. The molecule has 0 saturated carbocycles. The molecule has 1 aromatic heterocycles. The van der Waals surface area contributed by atoms with Gasteiger partial charge >= 0.3 is 0 Å². The maximum absolute atomic E-state index is 4.68. The van der Waals surface area contributed by atoms with E-state index in [0.29, 0.717) is 0 Å². The highest BCUT2D eigenvalue weighted by Gasteiger charge is 2.14. The molecular weight excluding hydrogens is 258 g/mol. The number of anilines is 1. The predicted molar refractivity (Wildman–Crippen MR) is 82.2 cm³/mol. The Morgan fingerprint density at radius 1 is 0.947 bits per heavy atom. The van der Waals surface area contributed by atoms with E-state index in [1.807, 2.05) is 13.0 Å². The van der Waals surface area contributed by atoms with Gasteiger partial charge in [-0.15, -0.1) is 12.4 Å². The van der Waals surface area contributed by atoms with E-state index in [-0.39, 0.29) is 12.4 Å². The summed E-state index contributed by atoms with van der Waals surface area (Å²) in [6.07, 6.45) is 5.24. The molecule has 1 saturated heterocycles. The molecule has 1 aliphatic heterocycles. The van der Waals surface area contributed by atoms with Crippen LogP contribution < -0.4 is 4.90 Å². The first-order valence-corrected chi connectivity index (χ1v) is 6.83. The minimum Gasteiger partial charge on any atom is -0.356 e. The molecule has 1 aromatic carbocycles. The molecule has 4 heteroatoms. The third kappa shape index (κ3) is 2.98. The number of fused-ring (bicyclic) bond motifs is 1. The van der Waals surface area contributed by atoms with Gasteiger partial charge in [0.2, 0.25) is 0 Å². The molecule has 0 bridgehead atoms. The number of halogens is 1. The molecule has 102 valence electrons. The van der Waals surface area contributed by atoms with Gasteiger partial charge in [0, 0.05) is 18.5 Å². The second-order valence-electron chi connectivity index (χ2n) is 5.01. The molecule has 19 heavy (non-hydrogen) atoms. The maximum Gasteiger partial charge on any atom is 0.140 e. The van der Waals surface area contributed by atoms with Crippen molar-refractivity contribution >= 4 is 29.1 Å². The van der Waals surface area contributed by atoms with Crippen LogP contribution >= 0.6 is 12.4 Å². The first-order chi connectivity index (χ1) is 8.84. The van der Waals surface area contributed by atoms with Crippen LogP contribution in [-0.4, -0.2) is 23.1 Å². The Labute approximate surface area is 120 Å². The van der Waals surface area contributed by atoms with Crippen molar-refractivity contribution in [2.45, 2.75) is 32.6 Å². The van der Waals surface area contributed by atoms with E-state index in [0.717, 1.165) is 30.2 Å².